The molecular formula is C12H15NS2. The first-order chi connectivity index (χ1) is 7.36. The highest BCUT2D eigenvalue weighted by Gasteiger charge is 2.04. The van der Waals surface area contributed by atoms with Gasteiger partial charge in [-0.2, -0.15) is 22.7 Å². The molecule has 1 atom stereocenters. The van der Waals surface area contributed by atoms with Crippen molar-refractivity contribution in [3.05, 3.63) is 44.8 Å². The molecule has 2 heterocycles. The minimum Gasteiger partial charge on any atom is -0.310 e. The van der Waals surface area contributed by atoms with Crippen LogP contribution in [0.25, 0.3) is 0 Å². The molecule has 1 nitrogen and oxygen atoms in total. The predicted molar refractivity (Wildman–Crippen MR) is 68.8 cm³/mol. The van der Waals surface area contributed by atoms with Crippen molar-refractivity contribution in [2.24, 2.45) is 0 Å². The SMILES string of the molecule is CC(NCCc1ccsc1)c1ccsc1. The molecule has 0 saturated heterocycles. The first kappa shape index (κ1) is 10.9. The zero-order valence-corrected chi connectivity index (χ0v) is 10.4. The lowest BCUT2D eigenvalue weighted by Gasteiger charge is -2.11. The van der Waals surface area contributed by atoms with Crippen molar-refractivity contribution in [3.8, 4) is 0 Å². The summed E-state index contributed by atoms with van der Waals surface area (Å²) in [5.41, 5.74) is 2.83. The van der Waals surface area contributed by atoms with Crippen LogP contribution in [0.2, 0.25) is 0 Å². The molecule has 0 aliphatic heterocycles. The van der Waals surface area contributed by atoms with E-state index in [2.05, 4.69) is 45.9 Å². The van der Waals surface area contributed by atoms with Crippen LogP contribution >= 0.6 is 22.7 Å². The summed E-state index contributed by atoms with van der Waals surface area (Å²) in [4.78, 5) is 0. The van der Waals surface area contributed by atoms with Crippen molar-refractivity contribution < 1.29 is 0 Å². The summed E-state index contributed by atoms with van der Waals surface area (Å²) in [6.45, 7) is 3.27. The summed E-state index contributed by atoms with van der Waals surface area (Å²) in [5, 5.41) is 12.2. The zero-order valence-electron chi connectivity index (χ0n) is 8.77. The zero-order chi connectivity index (χ0) is 10.5. The summed E-state index contributed by atoms with van der Waals surface area (Å²) in [5.74, 6) is 0. The first-order valence-electron chi connectivity index (χ1n) is 5.13. The van der Waals surface area contributed by atoms with E-state index >= 15 is 0 Å². The molecule has 80 valence electrons. The van der Waals surface area contributed by atoms with Crippen LogP contribution in [-0.2, 0) is 6.42 Å². The normalized spacial score (nSPS) is 12.9. The Balaban J connectivity index is 1.74. The van der Waals surface area contributed by atoms with Crippen molar-refractivity contribution in [1.29, 1.82) is 0 Å². The minimum atomic E-state index is 0.467. The highest BCUT2D eigenvalue weighted by atomic mass is 32.1. The maximum Gasteiger partial charge on any atom is 0.0300 e. The summed E-state index contributed by atoms with van der Waals surface area (Å²) in [6, 6.07) is 4.85. The molecule has 0 aliphatic rings. The van der Waals surface area contributed by atoms with Gasteiger partial charge in [0.05, 0.1) is 0 Å². The minimum absolute atomic E-state index is 0.467. The molecule has 0 saturated carbocycles. The number of hydrogen-bond donors (Lipinski definition) is 1. The van der Waals surface area contributed by atoms with E-state index in [-0.39, 0.29) is 0 Å². The summed E-state index contributed by atoms with van der Waals surface area (Å²) in [7, 11) is 0. The third kappa shape index (κ3) is 3.16. The van der Waals surface area contributed by atoms with Crippen molar-refractivity contribution >= 4 is 22.7 Å². The second kappa shape index (κ2) is 5.45. The molecular weight excluding hydrogens is 222 g/mol. The Morgan fingerprint density at radius 2 is 2.00 bits per heavy atom. The molecule has 2 aromatic rings. The summed E-state index contributed by atoms with van der Waals surface area (Å²) < 4.78 is 0. The lowest BCUT2D eigenvalue weighted by molar-refractivity contribution is 0.578. The third-order valence-corrected chi connectivity index (χ3v) is 3.92. The van der Waals surface area contributed by atoms with E-state index in [9.17, 15) is 0 Å². The van der Waals surface area contributed by atoms with Crippen LogP contribution in [0.5, 0.6) is 0 Å². The maximum absolute atomic E-state index is 3.53. The van der Waals surface area contributed by atoms with Gasteiger partial charge in [-0.15, -0.1) is 0 Å². The second-order valence-electron chi connectivity index (χ2n) is 3.61. The fraction of sp³-hybridized carbons (Fsp3) is 0.333. The van der Waals surface area contributed by atoms with Gasteiger partial charge < -0.3 is 5.32 Å². The Morgan fingerprint density at radius 1 is 1.20 bits per heavy atom. The van der Waals surface area contributed by atoms with Crippen LogP contribution in [0.1, 0.15) is 24.1 Å². The molecule has 2 aromatic heterocycles. The molecule has 0 aliphatic carbocycles. The molecule has 0 fully saturated rings. The average Bonchev–Trinajstić information content (AvgIpc) is 2.90. The Kier molecular flexibility index (Phi) is 3.94. The highest BCUT2D eigenvalue weighted by molar-refractivity contribution is 7.08. The number of hydrogen-bond acceptors (Lipinski definition) is 3. The molecule has 0 spiro atoms. The van der Waals surface area contributed by atoms with Crippen LogP contribution in [0.4, 0.5) is 0 Å². The first-order valence-corrected chi connectivity index (χ1v) is 7.01. The molecule has 3 heteroatoms. The van der Waals surface area contributed by atoms with E-state index in [0.29, 0.717) is 6.04 Å². The van der Waals surface area contributed by atoms with Gasteiger partial charge in [0.2, 0.25) is 0 Å². The van der Waals surface area contributed by atoms with E-state index in [0.717, 1.165) is 13.0 Å². The van der Waals surface area contributed by atoms with Gasteiger partial charge >= 0.3 is 0 Å². The van der Waals surface area contributed by atoms with Gasteiger partial charge in [-0.1, -0.05) is 0 Å². The predicted octanol–water partition coefficient (Wildman–Crippen LogP) is 3.70. The Hall–Kier alpha value is -0.640. The van der Waals surface area contributed by atoms with Crippen LogP contribution < -0.4 is 5.32 Å². The van der Waals surface area contributed by atoms with Gasteiger partial charge in [0.1, 0.15) is 0 Å². The van der Waals surface area contributed by atoms with E-state index in [1.54, 1.807) is 22.7 Å². The van der Waals surface area contributed by atoms with Gasteiger partial charge in [-0.25, -0.2) is 0 Å². The Bertz CT molecular complexity index is 364. The summed E-state index contributed by atoms with van der Waals surface area (Å²) in [6.07, 6.45) is 1.12. The van der Waals surface area contributed by atoms with E-state index < -0.39 is 0 Å². The topological polar surface area (TPSA) is 12.0 Å². The van der Waals surface area contributed by atoms with Crippen LogP contribution in [-0.4, -0.2) is 6.54 Å². The molecule has 2 rings (SSSR count). The quantitative estimate of drug-likeness (QED) is 0.836. The van der Waals surface area contributed by atoms with Crippen LogP contribution in [0.15, 0.2) is 33.7 Å². The largest absolute Gasteiger partial charge is 0.310 e. The fourth-order valence-electron chi connectivity index (χ4n) is 1.51. The van der Waals surface area contributed by atoms with E-state index in [1.165, 1.54) is 11.1 Å². The average molecular weight is 237 g/mol. The highest BCUT2D eigenvalue weighted by Crippen LogP contribution is 2.15. The van der Waals surface area contributed by atoms with Crippen LogP contribution in [0, 0.1) is 0 Å². The molecule has 0 aromatic carbocycles. The molecule has 15 heavy (non-hydrogen) atoms. The second-order valence-corrected chi connectivity index (χ2v) is 5.17. The number of rotatable bonds is 5. The number of thiophene rings is 2. The standard InChI is InChI=1S/C12H15NS2/c1-10(12-4-7-15-9-12)13-5-2-11-3-6-14-8-11/h3-4,6-10,13H,2,5H2,1H3. The molecule has 1 unspecified atom stereocenters. The molecule has 1 N–H and O–H groups in total. The van der Waals surface area contributed by atoms with Crippen molar-refractivity contribution in [2.45, 2.75) is 19.4 Å². The third-order valence-electron chi connectivity index (χ3n) is 2.49. The number of nitrogens with one attached hydrogen (secondary N) is 1. The lowest BCUT2D eigenvalue weighted by atomic mass is 10.1. The van der Waals surface area contributed by atoms with Crippen molar-refractivity contribution in [2.75, 3.05) is 6.54 Å². The Morgan fingerprint density at radius 3 is 2.67 bits per heavy atom. The maximum atomic E-state index is 3.53. The van der Waals surface area contributed by atoms with E-state index in [1.807, 2.05) is 0 Å². The van der Waals surface area contributed by atoms with Gasteiger partial charge in [0, 0.05) is 6.04 Å². The van der Waals surface area contributed by atoms with Gasteiger partial charge in [-0.3, -0.25) is 0 Å². The van der Waals surface area contributed by atoms with Crippen LogP contribution in [0.3, 0.4) is 0 Å². The molecule has 0 amide bonds. The monoisotopic (exact) mass is 237 g/mol. The van der Waals surface area contributed by atoms with Gasteiger partial charge in [-0.05, 0) is 64.7 Å². The van der Waals surface area contributed by atoms with E-state index in [4.69, 9.17) is 0 Å². The lowest BCUT2D eigenvalue weighted by Crippen LogP contribution is -2.20. The smallest absolute Gasteiger partial charge is 0.0300 e. The molecule has 0 bridgehead atoms. The van der Waals surface area contributed by atoms with Gasteiger partial charge in [0.15, 0.2) is 0 Å². The van der Waals surface area contributed by atoms with Crippen molar-refractivity contribution in [3.63, 3.8) is 0 Å². The van der Waals surface area contributed by atoms with Gasteiger partial charge in [0.25, 0.3) is 0 Å². The molecule has 0 radical (unpaired) electrons. The Labute approximate surface area is 98.8 Å². The summed E-state index contributed by atoms with van der Waals surface area (Å²) >= 11 is 3.53. The fourth-order valence-corrected chi connectivity index (χ4v) is 2.96. The van der Waals surface area contributed by atoms with Crippen molar-refractivity contribution in [1.82, 2.24) is 5.32 Å².